The number of pyridine rings is 2. The molecule has 9 nitrogen and oxygen atoms in total. The molecule has 3 N–H and O–H groups in total. The average molecular weight is 471 g/mol. The van der Waals surface area contributed by atoms with E-state index < -0.39 is 17.6 Å². The number of carbonyl (C=O) groups excluding carboxylic acids is 2. The van der Waals surface area contributed by atoms with E-state index in [1.54, 1.807) is 35.0 Å². The summed E-state index contributed by atoms with van der Waals surface area (Å²) in [6.45, 7) is 1.94. The van der Waals surface area contributed by atoms with E-state index in [1.165, 1.54) is 18.2 Å². The number of nitrogens with zero attached hydrogens (tertiary/aromatic N) is 5. The Morgan fingerprint density at radius 2 is 1.80 bits per heavy atom. The molecule has 3 heterocycles. The maximum atomic E-state index is 14.8. The molecule has 0 bridgehead atoms. The molecule has 3 aromatic heterocycles. The van der Waals surface area contributed by atoms with Gasteiger partial charge in [0.15, 0.2) is 5.82 Å². The Kier molecular flexibility index (Phi) is 5.77. The Labute approximate surface area is 200 Å². The van der Waals surface area contributed by atoms with Gasteiger partial charge in [-0.25, -0.2) is 9.37 Å². The van der Waals surface area contributed by atoms with Crippen LogP contribution in [0.3, 0.4) is 0 Å². The van der Waals surface area contributed by atoms with Crippen molar-refractivity contribution < 1.29 is 14.0 Å². The lowest BCUT2D eigenvalue weighted by Crippen LogP contribution is -2.44. The predicted octanol–water partition coefficient (Wildman–Crippen LogP) is 2.95. The lowest BCUT2D eigenvalue weighted by Gasteiger charge is -2.35. The molecule has 1 aromatic carbocycles. The first-order valence-corrected chi connectivity index (χ1v) is 11.1. The van der Waals surface area contributed by atoms with E-state index in [2.05, 4.69) is 25.5 Å². The van der Waals surface area contributed by atoms with Gasteiger partial charge in [-0.1, -0.05) is 24.3 Å². The molecule has 35 heavy (non-hydrogen) atoms. The number of amides is 2. The van der Waals surface area contributed by atoms with Gasteiger partial charge in [-0.15, -0.1) is 10.2 Å². The van der Waals surface area contributed by atoms with Crippen LogP contribution < -0.4 is 11.1 Å². The van der Waals surface area contributed by atoms with Gasteiger partial charge < -0.3 is 11.1 Å². The van der Waals surface area contributed by atoms with E-state index in [9.17, 15) is 14.0 Å². The molecule has 1 saturated carbocycles. The predicted molar refractivity (Wildman–Crippen MR) is 125 cm³/mol. The van der Waals surface area contributed by atoms with Crippen LogP contribution >= 0.6 is 0 Å². The van der Waals surface area contributed by atoms with Crippen LogP contribution in [0.4, 0.5) is 4.39 Å². The van der Waals surface area contributed by atoms with Crippen molar-refractivity contribution in [3.63, 3.8) is 0 Å². The molecule has 0 spiro atoms. The van der Waals surface area contributed by atoms with Crippen LogP contribution in [0.15, 0.2) is 60.8 Å². The van der Waals surface area contributed by atoms with Crippen molar-refractivity contribution in [3.8, 4) is 17.2 Å². The molecule has 0 radical (unpaired) electrons. The largest absolute Gasteiger partial charge is 0.364 e. The van der Waals surface area contributed by atoms with Crippen molar-refractivity contribution in [1.82, 2.24) is 30.0 Å². The minimum absolute atomic E-state index is 0.0272. The van der Waals surface area contributed by atoms with Crippen molar-refractivity contribution >= 4 is 11.8 Å². The zero-order valence-corrected chi connectivity index (χ0v) is 18.9. The summed E-state index contributed by atoms with van der Waals surface area (Å²) in [5.41, 5.74) is 7.32. The second-order valence-electron chi connectivity index (χ2n) is 8.50. The molecule has 0 saturated heterocycles. The Morgan fingerprint density at radius 1 is 1.03 bits per heavy atom. The summed E-state index contributed by atoms with van der Waals surface area (Å²) in [4.78, 5) is 32.4. The monoisotopic (exact) mass is 471 g/mol. The molecular weight excluding hydrogens is 449 g/mol. The number of aromatic nitrogens is 5. The van der Waals surface area contributed by atoms with E-state index >= 15 is 0 Å². The Bertz CT molecular complexity index is 1410. The lowest BCUT2D eigenvalue weighted by atomic mass is 9.79. The van der Waals surface area contributed by atoms with Crippen LogP contribution in [0.2, 0.25) is 0 Å². The van der Waals surface area contributed by atoms with Gasteiger partial charge in [0, 0.05) is 18.2 Å². The fourth-order valence-corrected chi connectivity index (χ4v) is 4.10. The Morgan fingerprint density at radius 3 is 2.51 bits per heavy atom. The molecule has 1 aliphatic rings. The summed E-state index contributed by atoms with van der Waals surface area (Å²) in [5, 5.41) is 11.6. The summed E-state index contributed by atoms with van der Waals surface area (Å²) >= 11 is 0. The van der Waals surface area contributed by atoms with Crippen LogP contribution in [0.1, 0.15) is 51.1 Å². The first-order chi connectivity index (χ1) is 16.9. The second kappa shape index (κ2) is 9.05. The second-order valence-corrected chi connectivity index (χ2v) is 8.50. The van der Waals surface area contributed by atoms with Crippen LogP contribution in [-0.2, 0) is 0 Å². The van der Waals surface area contributed by atoms with E-state index in [-0.39, 0.29) is 23.3 Å². The van der Waals surface area contributed by atoms with Crippen LogP contribution in [0.25, 0.3) is 17.2 Å². The number of nitrogens with two attached hydrogens (primary N) is 1. The number of hydrogen-bond donors (Lipinski definition) is 2. The molecule has 5 rings (SSSR count). The molecule has 1 fully saturated rings. The van der Waals surface area contributed by atoms with Crippen molar-refractivity contribution in [2.45, 2.75) is 31.7 Å². The zero-order chi connectivity index (χ0) is 24.5. The lowest BCUT2D eigenvalue weighted by molar-refractivity contribution is 0.0902. The SMILES string of the molecule is Cc1ccc(-c2nnc([C@H]3C[C@H](NC(=O)c4cccc(C(N)=O)n4)C3)n2-c2ccccc2F)nc1. The van der Waals surface area contributed by atoms with Crippen LogP contribution in [-0.4, -0.2) is 42.6 Å². The first-order valence-electron chi connectivity index (χ1n) is 11.1. The summed E-state index contributed by atoms with van der Waals surface area (Å²) in [5.74, 6) is -0.480. The van der Waals surface area contributed by atoms with Gasteiger partial charge in [0.2, 0.25) is 0 Å². The van der Waals surface area contributed by atoms with Gasteiger partial charge in [0.05, 0.1) is 5.69 Å². The summed E-state index contributed by atoms with van der Waals surface area (Å²) in [6.07, 6.45) is 2.91. The van der Waals surface area contributed by atoms with Gasteiger partial charge >= 0.3 is 0 Å². The summed E-state index contributed by atoms with van der Waals surface area (Å²) in [6, 6.07) is 14.6. The summed E-state index contributed by atoms with van der Waals surface area (Å²) in [7, 11) is 0. The quantitative estimate of drug-likeness (QED) is 0.445. The van der Waals surface area contributed by atoms with Gasteiger partial charge in [0.1, 0.15) is 28.7 Å². The summed E-state index contributed by atoms with van der Waals surface area (Å²) < 4.78 is 16.5. The first kappa shape index (κ1) is 22.3. The van der Waals surface area contributed by atoms with Crippen LogP contribution in [0, 0.1) is 12.7 Å². The van der Waals surface area contributed by atoms with Gasteiger partial charge in [-0.3, -0.25) is 19.1 Å². The molecule has 10 heteroatoms. The van der Waals surface area contributed by atoms with E-state index in [4.69, 9.17) is 5.73 Å². The number of benzene rings is 1. The molecular formula is C25H22FN7O2. The number of primary amides is 1. The highest BCUT2D eigenvalue weighted by Gasteiger charge is 2.36. The molecule has 0 unspecified atom stereocenters. The average Bonchev–Trinajstić information content (AvgIpc) is 3.26. The fourth-order valence-electron chi connectivity index (χ4n) is 4.10. The number of rotatable bonds is 6. The fraction of sp³-hybridized carbons (Fsp3) is 0.200. The van der Waals surface area contributed by atoms with E-state index in [0.717, 1.165) is 5.56 Å². The van der Waals surface area contributed by atoms with E-state index in [1.807, 2.05) is 19.1 Å². The Hall–Kier alpha value is -4.47. The number of hydrogen-bond acceptors (Lipinski definition) is 6. The van der Waals surface area contributed by atoms with Gasteiger partial charge in [0.25, 0.3) is 11.8 Å². The molecule has 0 atom stereocenters. The molecule has 2 amide bonds. The maximum Gasteiger partial charge on any atom is 0.270 e. The molecule has 4 aromatic rings. The van der Waals surface area contributed by atoms with E-state index in [0.29, 0.717) is 35.9 Å². The zero-order valence-electron chi connectivity index (χ0n) is 18.9. The number of aryl methyl sites for hydroxylation is 1. The number of halogens is 1. The standard InChI is InChI=1S/C25H22FN7O2/c1-14-9-10-19(28-13-14)24-32-31-23(33(24)21-8-3-2-5-17(21)26)15-11-16(12-15)29-25(35)20-7-4-6-18(30-20)22(27)34/h2-10,13,15-16H,11-12H2,1H3,(H2,27,34)(H,29,35)/t15-,16-. The highest BCUT2D eigenvalue weighted by atomic mass is 19.1. The number of nitrogens with one attached hydrogen (secondary N) is 1. The van der Waals surface area contributed by atoms with Gasteiger partial charge in [-0.2, -0.15) is 0 Å². The number of para-hydroxylation sites is 1. The normalized spacial score (nSPS) is 17.0. The highest BCUT2D eigenvalue weighted by Crippen LogP contribution is 2.38. The highest BCUT2D eigenvalue weighted by molar-refractivity contribution is 5.95. The van der Waals surface area contributed by atoms with Crippen molar-refractivity contribution in [3.05, 3.63) is 89.4 Å². The minimum Gasteiger partial charge on any atom is -0.364 e. The van der Waals surface area contributed by atoms with Crippen LogP contribution in [0.5, 0.6) is 0 Å². The maximum absolute atomic E-state index is 14.8. The third-order valence-corrected chi connectivity index (χ3v) is 5.99. The minimum atomic E-state index is -0.699. The third-order valence-electron chi connectivity index (χ3n) is 5.99. The third kappa shape index (κ3) is 4.37. The molecule has 1 aliphatic carbocycles. The van der Waals surface area contributed by atoms with Crippen molar-refractivity contribution in [1.29, 1.82) is 0 Å². The van der Waals surface area contributed by atoms with Gasteiger partial charge in [-0.05, 0) is 55.7 Å². The Balaban J connectivity index is 1.38. The molecule has 176 valence electrons. The molecule has 0 aliphatic heterocycles. The smallest absolute Gasteiger partial charge is 0.270 e. The topological polar surface area (TPSA) is 129 Å². The van der Waals surface area contributed by atoms with Crippen molar-refractivity contribution in [2.75, 3.05) is 0 Å². The van der Waals surface area contributed by atoms with Crippen molar-refractivity contribution in [2.24, 2.45) is 5.73 Å². The number of carbonyl (C=O) groups is 2.